The van der Waals surface area contributed by atoms with Crippen molar-refractivity contribution in [2.75, 3.05) is 0 Å². The Labute approximate surface area is 101 Å². The number of pyridine rings is 1. The fraction of sp³-hybridized carbons (Fsp3) is 0.182. The van der Waals surface area contributed by atoms with Gasteiger partial charge in [-0.05, 0) is 39.5 Å². The maximum Gasteiger partial charge on any atom is 0.101 e. The van der Waals surface area contributed by atoms with Crippen LogP contribution in [0.4, 0.5) is 0 Å². The van der Waals surface area contributed by atoms with E-state index in [1.807, 2.05) is 29.6 Å². The highest BCUT2D eigenvalue weighted by atomic mass is 79.9. The predicted molar refractivity (Wildman–Crippen MR) is 64.9 cm³/mol. The number of hydrogen-bond donors (Lipinski definition) is 1. The summed E-state index contributed by atoms with van der Waals surface area (Å²) in [5.74, 6) is 0. The van der Waals surface area contributed by atoms with Gasteiger partial charge in [0.15, 0.2) is 0 Å². The number of hydrogen-bond acceptors (Lipinski definition) is 3. The molecule has 1 unspecified atom stereocenters. The molecule has 0 spiro atoms. The zero-order chi connectivity index (χ0) is 10.7. The molecule has 0 bridgehead atoms. The van der Waals surface area contributed by atoms with E-state index in [1.54, 1.807) is 17.5 Å². The maximum atomic E-state index is 9.91. The zero-order valence-corrected chi connectivity index (χ0v) is 10.3. The van der Waals surface area contributed by atoms with E-state index in [-0.39, 0.29) is 0 Å². The summed E-state index contributed by atoms with van der Waals surface area (Å²) in [7, 11) is 0. The molecule has 78 valence electrons. The lowest BCUT2D eigenvalue weighted by atomic mass is 10.1. The van der Waals surface area contributed by atoms with E-state index in [9.17, 15) is 5.11 Å². The lowest BCUT2D eigenvalue weighted by Gasteiger charge is -2.08. The van der Waals surface area contributed by atoms with Gasteiger partial charge in [0.2, 0.25) is 0 Å². The SMILES string of the molecule is OC(Cc1cccs1)c1ccc(Br)cn1. The first-order chi connectivity index (χ1) is 7.25. The van der Waals surface area contributed by atoms with Crippen molar-refractivity contribution in [3.8, 4) is 0 Å². The minimum Gasteiger partial charge on any atom is -0.386 e. The molecule has 0 fully saturated rings. The van der Waals surface area contributed by atoms with E-state index in [0.717, 1.165) is 4.47 Å². The van der Waals surface area contributed by atoms with Crippen molar-refractivity contribution in [3.05, 3.63) is 50.9 Å². The highest BCUT2D eigenvalue weighted by Crippen LogP contribution is 2.20. The summed E-state index contributed by atoms with van der Waals surface area (Å²) in [4.78, 5) is 5.34. The molecule has 0 aliphatic heterocycles. The minimum atomic E-state index is -0.517. The molecule has 2 rings (SSSR count). The van der Waals surface area contributed by atoms with Crippen LogP contribution in [0.3, 0.4) is 0 Å². The Bertz CT molecular complexity index is 413. The van der Waals surface area contributed by atoms with Crippen molar-refractivity contribution < 1.29 is 5.11 Å². The first-order valence-electron chi connectivity index (χ1n) is 4.57. The Kier molecular flexibility index (Phi) is 3.51. The van der Waals surface area contributed by atoms with Gasteiger partial charge in [0, 0.05) is 22.0 Å². The molecule has 0 amide bonds. The smallest absolute Gasteiger partial charge is 0.101 e. The molecule has 0 aliphatic carbocycles. The van der Waals surface area contributed by atoms with E-state index in [4.69, 9.17) is 0 Å². The van der Waals surface area contributed by atoms with Crippen molar-refractivity contribution in [1.82, 2.24) is 4.98 Å². The Morgan fingerprint density at radius 3 is 2.87 bits per heavy atom. The minimum absolute atomic E-state index is 0.517. The highest BCUT2D eigenvalue weighted by Gasteiger charge is 2.10. The second-order valence-corrected chi connectivity index (χ2v) is 5.15. The molecular formula is C11H10BrNOS. The van der Waals surface area contributed by atoms with Crippen LogP contribution in [0.1, 0.15) is 16.7 Å². The van der Waals surface area contributed by atoms with Gasteiger partial charge in [-0.1, -0.05) is 6.07 Å². The van der Waals surface area contributed by atoms with Crippen LogP contribution < -0.4 is 0 Å². The first kappa shape index (κ1) is 10.8. The molecular weight excluding hydrogens is 274 g/mol. The van der Waals surface area contributed by atoms with Gasteiger partial charge in [0.1, 0.15) is 6.10 Å². The second kappa shape index (κ2) is 4.88. The van der Waals surface area contributed by atoms with Gasteiger partial charge in [-0.3, -0.25) is 4.98 Å². The predicted octanol–water partition coefficient (Wildman–Crippen LogP) is 3.18. The Hall–Kier alpha value is -0.710. The van der Waals surface area contributed by atoms with Gasteiger partial charge in [-0.15, -0.1) is 11.3 Å². The molecule has 0 aromatic carbocycles. The van der Waals surface area contributed by atoms with Crippen molar-refractivity contribution in [2.45, 2.75) is 12.5 Å². The van der Waals surface area contributed by atoms with Gasteiger partial charge < -0.3 is 5.11 Å². The second-order valence-electron chi connectivity index (χ2n) is 3.20. The number of aromatic nitrogens is 1. The van der Waals surface area contributed by atoms with Crippen LogP contribution in [0.5, 0.6) is 0 Å². The topological polar surface area (TPSA) is 33.1 Å². The fourth-order valence-electron chi connectivity index (χ4n) is 1.31. The van der Waals surface area contributed by atoms with Crippen LogP contribution in [-0.2, 0) is 6.42 Å². The molecule has 1 atom stereocenters. The van der Waals surface area contributed by atoms with Gasteiger partial charge in [0.25, 0.3) is 0 Å². The van der Waals surface area contributed by atoms with Crippen LogP contribution in [-0.4, -0.2) is 10.1 Å². The normalized spacial score (nSPS) is 12.7. The molecule has 0 saturated heterocycles. The van der Waals surface area contributed by atoms with E-state index >= 15 is 0 Å². The third kappa shape index (κ3) is 2.87. The quantitative estimate of drug-likeness (QED) is 0.939. The summed E-state index contributed by atoms with van der Waals surface area (Å²) in [6.07, 6.45) is 1.82. The highest BCUT2D eigenvalue weighted by molar-refractivity contribution is 9.10. The van der Waals surface area contributed by atoms with Gasteiger partial charge >= 0.3 is 0 Å². The van der Waals surface area contributed by atoms with Crippen molar-refractivity contribution in [1.29, 1.82) is 0 Å². The lowest BCUT2D eigenvalue weighted by Crippen LogP contribution is -2.02. The number of aliphatic hydroxyl groups is 1. The Balaban J connectivity index is 2.08. The summed E-state index contributed by atoms with van der Waals surface area (Å²) >= 11 is 4.97. The average molecular weight is 284 g/mol. The van der Waals surface area contributed by atoms with Crippen molar-refractivity contribution >= 4 is 27.3 Å². The van der Waals surface area contributed by atoms with Crippen molar-refractivity contribution in [2.24, 2.45) is 0 Å². The van der Waals surface area contributed by atoms with Crippen LogP contribution in [0.2, 0.25) is 0 Å². The van der Waals surface area contributed by atoms with E-state index in [0.29, 0.717) is 12.1 Å². The van der Waals surface area contributed by atoms with Crippen molar-refractivity contribution in [3.63, 3.8) is 0 Å². The van der Waals surface area contributed by atoms with E-state index < -0.39 is 6.10 Å². The van der Waals surface area contributed by atoms with Gasteiger partial charge in [-0.2, -0.15) is 0 Å². The van der Waals surface area contributed by atoms with Gasteiger partial charge in [0.05, 0.1) is 5.69 Å². The Morgan fingerprint density at radius 1 is 1.40 bits per heavy atom. The summed E-state index contributed by atoms with van der Waals surface area (Å²) in [5, 5.41) is 11.9. The molecule has 0 saturated carbocycles. The summed E-state index contributed by atoms with van der Waals surface area (Å²) in [5.41, 5.74) is 0.714. The molecule has 2 aromatic rings. The molecule has 2 aromatic heterocycles. The molecule has 2 heterocycles. The average Bonchev–Trinajstić information content (AvgIpc) is 2.71. The summed E-state index contributed by atoms with van der Waals surface area (Å²) < 4.78 is 0.926. The number of thiophene rings is 1. The first-order valence-corrected chi connectivity index (χ1v) is 6.25. The summed E-state index contributed by atoms with van der Waals surface area (Å²) in [6.45, 7) is 0. The third-order valence-electron chi connectivity index (χ3n) is 2.07. The molecule has 0 radical (unpaired) electrons. The number of nitrogens with zero attached hydrogens (tertiary/aromatic N) is 1. The van der Waals surface area contributed by atoms with Crippen LogP contribution in [0.25, 0.3) is 0 Å². The molecule has 0 aliphatic rings. The Morgan fingerprint density at radius 2 is 2.27 bits per heavy atom. The van der Waals surface area contributed by atoms with E-state index in [1.165, 1.54) is 4.88 Å². The molecule has 15 heavy (non-hydrogen) atoms. The van der Waals surface area contributed by atoms with Crippen LogP contribution in [0, 0.1) is 0 Å². The maximum absolute atomic E-state index is 9.91. The molecule has 4 heteroatoms. The fourth-order valence-corrected chi connectivity index (χ4v) is 2.29. The monoisotopic (exact) mass is 283 g/mol. The van der Waals surface area contributed by atoms with Crippen LogP contribution in [0.15, 0.2) is 40.3 Å². The number of aliphatic hydroxyl groups excluding tert-OH is 1. The summed E-state index contributed by atoms with van der Waals surface area (Å²) in [6, 6.07) is 7.73. The number of rotatable bonds is 3. The zero-order valence-electron chi connectivity index (χ0n) is 7.93. The largest absolute Gasteiger partial charge is 0.386 e. The molecule has 1 N–H and O–H groups in total. The third-order valence-corrected chi connectivity index (χ3v) is 3.43. The van der Waals surface area contributed by atoms with Crippen LogP contribution >= 0.6 is 27.3 Å². The molecule has 2 nitrogen and oxygen atoms in total. The lowest BCUT2D eigenvalue weighted by molar-refractivity contribution is 0.174. The van der Waals surface area contributed by atoms with Gasteiger partial charge in [-0.25, -0.2) is 0 Å². The van der Waals surface area contributed by atoms with E-state index in [2.05, 4.69) is 20.9 Å². The number of halogens is 1. The standard InChI is InChI=1S/C11H10BrNOS/c12-8-3-4-10(13-7-8)11(14)6-9-2-1-5-15-9/h1-5,7,11,14H,6H2.